The Morgan fingerprint density at radius 3 is 2.61 bits per heavy atom. The van der Waals surface area contributed by atoms with Gasteiger partial charge in [0.1, 0.15) is 16.6 Å². The lowest BCUT2D eigenvalue weighted by atomic mass is 10.2. The molecule has 2 aromatic heterocycles. The molecule has 2 aliphatic rings. The number of carbonyl (C=O) groups excluding carboxylic acids is 2. The van der Waals surface area contributed by atoms with Gasteiger partial charge in [0, 0.05) is 32.7 Å². The zero-order valence-electron chi connectivity index (χ0n) is 17.6. The molecule has 0 aliphatic carbocycles. The van der Waals surface area contributed by atoms with Gasteiger partial charge in [-0.15, -0.1) is 11.3 Å². The molecular formula is C20H26N4O5S2. The number of likely N-dealkylation sites (tertiary alicyclic amines) is 1. The van der Waals surface area contributed by atoms with Crippen LogP contribution in [0, 0.1) is 13.8 Å². The molecule has 2 amide bonds. The number of rotatable bonds is 4. The van der Waals surface area contributed by atoms with Gasteiger partial charge in [-0.2, -0.15) is 4.31 Å². The third-order valence-corrected chi connectivity index (χ3v) is 8.86. The van der Waals surface area contributed by atoms with Crippen LogP contribution >= 0.6 is 11.3 Å². The quantitative estimate of drug-likeness (QED) is 0.682. The van der Waals surface area contributed by atoms with Crippen molar-refractivity contribution in [2.45, 2.75) is 44.0 Å². The van der Waals surface area contributed by atoms with Gasteiger partial charge in [0.05, 0.1) is 4.88 Å². The molecule has 0 saturated carbocycles. The fourth-order valence-corrected chi connectivity index (χ4v) is 6.79. The van der Waals surface area contributed by atoms with Crippen molar-refractivity contribution in [3.05, 3.63) is 33.8 Å². The molecule has 168 valence electrons. The van der Waals surface area contributed by atoms with Crippen LogP contribution in [-0.2, 0) is 14.8 Å². The fourth-order valence-electron chi connectivity index (χ4n) is 4.35. The fraction of sp³-hybridized carbons (Fsp3) is 0.550. The molecule has 1 atom stereocenters. The molecule has 0 bridgehead atoms. The van der Waals surface area contributed by atoms with Crippen molar-refractivity contribution >= 4 is 33.2 Å². The molecule has 2 saturated heterocycles. The van der Waals surface area contributed by atoms with Crippen LogP contribution in [0.1, 0.15) is 40.4 Å². The molecule has 2 aliphatic heterocycles. The molecule has 2 fully saturated rings. The average Bonchev–Trinajstić information content (AvgIpc) is 3.46. The van der Waals surface area contributed by atoms with Crippen LogP contribution in [0.5, 0.6) is 0 Å². The van der Waals surface area contributed by atoms with Gasteiger partial charge in [-0.1, -0.05) is 11.2 Å². The lowest BCUT2D eigenvalue weighted by Crippen LogP contribution is -2.48. The molecular weight excluding hydrogens is 440 g/mol. The van der Waals surface area contributed by atoms with Gasteiger partial charge >= 0.3 is 0 Å². The third-order valence-electron chi connectivity index (χ3n) is 5.86. The second kappa shape index (κ2) is 8.71. The minimum Gasteiger partial charge on any atom is -0.360 e. The van der Waals surface area contributed by atoms with E-state index in [1.165, 1.54) is 15.6 Å². The van der Waals surface area contributed by atoms with E-state index in [2.05, 4.69) is 5.16 Å². The first-order chi connectivity index (χ1) is 14.8. The maximum absolute atomic E-state index is 13.3. The van der Waals surface area contributed by atoms with Crippen molar-refractivity contribution in [3.63, 3.8) is 0 Å². The van der Waals surface area contributed by atoms with Crippen LogP contribution in [0.4, 0.5) is 0 Å². The highest BCUT2D eigenvalue weighted by atomic mass is 32.2. The predicted molar refractivity (Wildman–Crippen MR) is 114 cm³/mol. The van der Waals surface area contributed by atoms with Crippen molar-refractivity contribution in [2.75, 3.05) is 32.7 Å². The van der Waals surface area contributed by atoms with Crippen LogP contribution in [0.3, 0.4) is 0 Å². The van der Waals surface area contributed by atoms with Gasteiger partial charge in [0.2, 0.25) is 15.9 Å². The van der Waals surface area contributed by atoms with E-state index in [0.717, 1.165) is 6.42 Å². The summed E-state index contributed by atoms with van der Waals surface area (Å²) in [5.41, 5.74) is 0.336. The number of hydrogen-bond acceptors (Lipinski definition) is 7. The van der Waals surface area contributed by atoms with E-state index < -0.39 is 16.1 Å². The van der Waals surface area contributed by atoms with E-state index in [-0.39, 0.29) is 29.0 Å². The van der Waals surface area contributed by atoms with Gasteiger partial charge in [0.15, 0.2) is 5.76 Å². The molecule has 0 N–H and O–H groups in total. The van der Waals surface area contributed by atoms with E-state index >= 15 is 0 Å². The number of aromatic nitrogens is 1. The van der Waals surface area contributed by atoms with Crippen molar-refractivity contribution in [2.24, 2.45) is 0 Å². The second-order valence-electron chi connectivity index (χ2n) is 7.87. The van der Waals surface area contributed by atoms with E-state index in [1.54, 1.807) is 29.7 Å². The Morgan fingerprint density at radius 1 is 1.13 bits per heavy atom. The van der Waals surface area contributed by atoms with Gasteiger partial charge in [-0.3, -0.25) is 9.59 Å². The standard InChI is InChI=1S/C20H26N4O5S2/c1-14-18(15(2)29-21-14)31(27,28)23-9-5-8-22(11-12-23)19(25)16-6-3-10-24(16)20(26)17-7-4-13-30-17/h4,7,13,16H,3,5-6,8-12H2,1-2H3/t16-/m0/s1. The number of thiophene rings is 1. The molecule has 0 unspecified atom stereocenters. The first-order valence-corrected chi connectivity index (χ1v) is 12.7. The Balaban J connectivity index is 1.46. The number of aryl methyl sites for hydroxylation is 2. The summed E-state index contributed by atoms with van der Waals surface area (Å²) >= 11 is 1.37. The third kappa shape index (κ3) is 4.13. The Morgan fingerprint density at radius 2 is 1.94 bits per heavy atom. The van der Waals surface area contributed by atoms with Crippen molar-refractivity contribution in [1.82, 2.24) is 19.3 Å². The predicted octanol–water partition coefficient (Wildman–Crippen LogP) is 1.88. The number of carbonyl (C=O) groups is 2. The van der Waals surface area contributed by atoms with E-state index in [1.807, 2.05) is 11.4 Å². The molecule has 0 aromatic carbocycles. The molecule has 4 rings (SSSR count). The summed E-state index contributed by atoms with van der Waals surface area (Å²) in [5.74, 6) is 0.0608. The zero-order chi connectivity index (χ0) is 22.2. The molecule has 31 heavy (non-hydrogen) atoms. The lowest BCUT2D eigenvalue weighted by Gasteiger charge is -2.29. The average molecular weight is 467 g/mol. The maximum atomic E-state index is 13.3. The minimum absolute atomic E-state index is 0.0982. The molecule has 11 heteroatoms. The number of hydrogen-bond donors (Lipinski definition) is 0. The highest BCUT2D eigenvalue weighted by Crippen LogP contribution is 2.26. The van der Waals surface area contributed by atoms with E-state index in [9.17, 15) is 18.0 Å². The highest BCUT2D eigenvalue weighted by Gasteiger charge is 2.39. The Labute approximate surface area is 185 Å². The molecule has 0 radical (unpaired) electrons. The monoisotopic (exact) mass is 466 g/mol. The van der Waals surface area contributed by atoms with Crippen LogP contribution in [0.15, 0.2) is 26.9 Å². The lowest BCUT2D eigenvalue weighted by molar-refractivity contribution is -0.135. The second-order valence-corrected chi connectivity index (χ2v) is 10.7. The van der Waals surface area contributed by atoms with Gasteiger partial charge in [-0.05, 0) is 44.6 Å². The summed E-state index contributed by atoms with van der Waals surface area (Å²) in [6.45, 7) is 5.02. The largest absolute Gasteiger partial charge is 0.360 e. The number of nitrogens with zero attached hydrogens (tertiary/aromatic N) is 4. The van der Waals surface area contributed by atoms with Gasteiger partial charge in [0.25, 0.3) is 5.91 Å². The minimum atomic E-state index is -3.75. The first kappa shape index (κ1) is 22.0. The summed E-state index contributed by atoms with van der Waals surface area (Å²) in [5, 5.41) is 5.61. The molecule has 2 aromatic rings. The zero-order valence-corrected chi connectivity index (χ0v) is 19.2. The summed E-state index contributed by atoms with van der Waals surface area (Å²) in [7, 11) is -3.75. The van der Waals surface area contributed by atoms with Crippen molar-refractivity contribution in [3.8, 4) is 0 Å². The van der Waals surface area contributed by atoms with Crippen LogP contribution < -0.4 is 0 Å². The van der Waals surface area contributed by atoms with Crippen LogP contribution in [0.2, 0.25) is 0 Å². The summed E-state index contributed by atoms with van der Waals surface area (Å²) in [4.78, 5) is 30.2. The normalized spacial score (nSPS) is 20.8. The number of amides is 2. The van der Waals surface area contributed by atoms with E-state index in [4.69, 9.17) is 4.52 Å². The summed E-state index contributed by atoms with van der Waals surface area (Å²) in [6.07, 6.45) is 1.95. The summed E-state index contributed by atoms with van der Waals surface area (Å²) < 4.78 is 32.7. The maximum Gasteiger partial charge on any atom is 0.264 e. The Kier molecular flexibility index (Phi) is 6.18. The number of sulfonamides is 1. The summed E-state index contributed by atoms with van der Waals surface area (Å²) in [6, 6.07) is 3.12. The van der Waals surface area contributed by atoms with Crippen LogP contribution in [0.25, 0.3) is 0 Å². The van der Waals surface area contributed by atoms with Crippen molar-refractivity contribution in [1.29, 1.82) is 0 Å². The molecule has 4 heterocycles. The Bertz CT molecular complexity index is 1040. The Hall–Kier alpha value is -2.24. The van der Waals surface area contributed by atoms with Crippen LogP contribution in [-0.4, -0.2) is 78.3 Å². The van der Waals surface area contributed by atoms with Crippen molar-refractivity contribution < 1.29 is 22.5 Å². The first-order valence-electron chi connectivity index (χ1n) is 10.4. The van der Waals surface area contributed by atoms with Gasteiger partial charge in [-0.25, -0.2) is 8.42 Å². The highest BCUT2D eigenvalue weighted by molar-refractivity contribution is 7.89. The topological polar surface area (TPSA) is 104 Å². The molecule has 0 spiro atoms. The SMILES string of the molecule is Cc1noc(C)c1S(=O)(=O)N1CCCN(C(=O)[C@@H]2CCCN2C(=O)c2cccs2)CC1. The molecule has 9 nitrogen and oxygen atoms in total. The van der Waals surface area contributed by atoms with Gasteiger partial charge < -0.3 is 14.3 Å². The van der Waals surface area contributed by atoms with E-state index in [0.29, 0.717) is 49.6 Å². The smallest absolute Gasteiger partial charge is 0.264 e.